The molecule has 6 heteroatoms. The quantitative estimate of drug-likeness (QED) is 0.558. The fourth-order valence-corrected chi connectivity index (χ4v) is 4.37. The molecule has 0 spiro atoms. The van der Waals surface area contributed by atoms with E-state index in [1.165, 1.54) is 10.9 Å². The van der Waals surface area contributed by atoms with Crippen molar-refractivity contribution >= 4 is 33.5 Å². The van der Waals surface area contributed by atoms with Crippen LogP contribution in [0.5, 0.6) is 0 Å². The number of carbonyl (C=O) groups is 1. The van der Waals surface area contributed by atoms with Gasteiger partial charge in [-0.15, -0.1) is 0 Å². The summed E-state index contributed by atoms with van der Waals surface area (Å²) in [7, 11) is 2.06. The summed E-state index contributed by atoms with van der Waals surface area (Å²) in [6, 6.07) is 13.1. The van der Waals surface area contributed by atoms with Gasteiger partial charge < -0.3 is 14.8 Å². The highest BCUT2D eigenvalue weighted by Gasteiger charge is 2.25. The van der Waals surface area contributed by atoms with E-state index in [-0.39, 0.29) is 11.9 Å². The van der Waals surface area contributed by atoms with Gasteiger partial charge in [0.2, 0.25) is 5.91 Å². The third kappa shape index (κ3) is 3.28. The van der Waals surface area contributed by atoms with Crippen molar-refractivity contribution in [1.82, 2.24) is 19.4 Å². The maximum Gasteiger partial charge on any atom is 0.222 e. The summed E-state index contributed by atoms with van der Waals surface area (Å²) in [6.45, 7) is 3.48. The number of carbonyl (C=O) groups excluding carboxylic acids is 1. The Bertz CT molecular complexity index is 1250. The van der Waals surface area contributed by atoms with Crippen LogP contribution in [0.15, 0.2) is 55.0 Å². The van der Waals surface area contributed by atoms with Crippen molar-refractivity contribution in [2.45, 2.75) is 25.8 Å². The monoisotopic (exact) mass is 399 g/mol. The average molecular weight is 399 g/mol. The number of hydrogen-bond donors (Lipinski definition) is 1. The molecule has 1 fully saturated rings. The molecule has 1 saturated heterocycles. The number of nitrogens with one attached hydrogen (secondary N) is 1. The first kappa shape index (κ1) is 18.6. The number of amides is 1. The lowest BCUT2D eigenvalue weighted by Gasteiger charge is -2.18. The van der Waals surface area contributed by atoms with Crippen LogP contribution < -0.4 is 5.32 Å². The molecule has 2 aromatic heterocycles. The summed E-state index contributed by atoms with van der Waals surface area (Å²) < 4.78 is 2.13. The van der Waals surface area contributed by atoms with E-state index in [1.807, 2.05) is 11.8 Å². The lowest BCUT2D eigenvalue weighted by molar-refractivity contribution is -0.129. The minimum atomic E-state index is 0.222. The molecule has 1 aliphatic heterocycles. The van der Waals surface area contributed by atoms with Crippen LogP contribution in [-0.2, 0) is 11.8 Å². The maximum atomic E-state index is 12.0. The zero-order valence-electron chi connectivity index (χ0n) is 17.3. The second-order valence-electron chi connectivity index (χ2n) is 7.97. The van der Waals surface area contributed by atoms with Crippen molar-refractivity contribution in [3.8, 4) is 11.1 Å². The van der Waals surface area contributed by atoms with Crippen LogP contribution >= 0.6 is 0 Å². The van der Waals surface area contributed by atoms with Gasteiger partial charge in [-0.2, -0.15) is 0 Å². The molecule has 1 aliphatic rings. The van der Waals surface area contributed by atoms with Crippen LogP contribution in [0, 0.1) is 0 Å². The summed E-state index contributed by atoms with van der Waals surface area (Å²) in [4.78, 5) is 23.1. The summed E-state index contributed by atoms with van der Waals surface area (Å²) in [5, 5.41) is 4.85. The number of hydrogen-bond acceptors (Lipinski definition) is 4. The summed E-state index contributed by atoms with van der Waals surface area (Å²) in [6.07, 6.45) is 7.06. The number of aryl methyl sites for hydroxylation is 1. The first-order valence-corrected chi connectivity index (χ1v) is 10.5. The highest BCUT2D eigenvalue weighted by atomic mass is 16.2. The second-order valence-corrected chi connectivity index (χ2v) is 7.97. The number of rotatable bonds is 4. The van der Waals surface area contributed by atoms with E-state index in [9.17, 15) is 4.79 Å². The predicted octanol–water partition coefficient (Wildman–Crippen LogP) is 4.21. The molecule has 3 heterocycles. The van der Waals surface area contributed by atoms with Crippen LogP contribution in [0.1, 0.15) is 19.8 Å². The third-order valence-electron chi connectivity index (χ3n) is 5.99. The van der Waals surface area contributed by atoms with Gasteiger partial charge in [0.15, 0.2) is 0 Å². The number of anilines is 1. The minimum Gasteiger partial charge on any atom is -0.380 e. The molecular weight excluding hydrogens is 374 g/mol. The normalized spacial score (nSPS) is 16.5. The molecule has 0 bridgehead atoms. The molecule has 1 N–H and O–H groups in total. The van der Waals surface area contributed by atoms with Crippen LogP contribution in [0.4, 0.5) is 5.69 Å². The Morgan fingerprint density at radius 2 is 2.03 bits per heavy atom. The molecule has 1 unspecified atom stereocenters. The zero-order valence-corrected chi connectivity index (χ0v) is 17.3. The van der Waals surface area contributed by atoms with Gasteiger partial charge in [-0.3, -0.25) is 14.8 Å². The van der Waals surface area contributed by atoms with Crippen molar-refractivity contribution in [2.75, 3.05) is 18.4 Å². The molecule has 0 saturated carbocycles. The maximum absolute atomic E-state index is 12.0. The van der Waals surface area contributed by atoms with Crippen LogP contribution in [0.25, 0.3) is 33.1 Å². The number of nitrogens with zero attached hydrogens (tertiary/aromatic N) is 4. The molecule has 30 heavy (non-hydrogen) atoms. The van der Waals surface area contributed by atoms with E-state index in [4.69, 9.17) is 0 Å². The Balaban J connectivity index is 1.53. The molecule has 2 aromatic carbocycles. The van der Waals surface area contributed by atoms with Gasteiger partial charge in [-0.1, -0.05) is 19.1 Å². The molecule has 1 atom stereocenters. The molecule has 4 aromatic rings. The molecule has 1 amide bonds. The molecular formula is C24H25N5O. The number of fused-ring (bicyclic) bond motifs is 2. The molecule has 6 nitrogen and oxygen atoms in total. The predicted molar refractivity (Wildman–Crippen MR) is 120 cm³/mol. The SMILES string of the molecule is CCC(=O)N1CCC(Nc2cc(-c3ccc4ccn(C)c4c3)c3nccnc3c2)C1. The Morgan fingerprint density at radius 3 is 2.90 bits per heavy atom. The topological polar surface area (TPSA) is 63.1 Å². The highest BCUT2D eigenvalue weighted by Crippen LogP contribution is 2.32. The van der Waals surface area contributed by atoms with Gasteiger partial charge in [-0.05, 0) is 41.6 Å². The Labute approximate surface area is 175 Å². The van der Waals surface area contributed by atoms with Gasteiger partial charge in [0.05, 0.1) is 11.0 Å². The number of aromatic nitrogens is 3. The Kier molecular flexibility index (Phi) is 4.62. The average Bonchev–Trinajstić information content (AvgIpc) is 3.39. The fourth-order valence-electron chi connectivity index (χ4n) is 4.37. The summed E-state index contributed by atoms with van der Waals surface area (Å²) in [5.74, 6) is 0.222. The van der Waals surface area contributed by atoms with Crippen LogP contribution in [0.3, 0.4) is 0 Å². The molecule has 5 rings (SSSR count). The summed E-state index contributed by atoms with van der Waals surface area (Å²) in [5.41, 5.74) is 6.14. The van der Waals surface area contributed by atoms with E-state index in [2.05, 4.69) is 69.5 Å². The van der Waals surface area contributed by atoms with Gasteiger partial charge in [0, 0.05) is 68.0 Å². The van der Waals surface area contributed by atoms with E-state index in [1.54, 1.807) is 12.4 Å². The van der Waals surface area contributed by atoms with Gasteiger partial charge in [0.1, 0.15) is 0 Å². The van der Waals surface area contributed by atoms with Gasteiger partial charge >= 0.3 is 0 Å². The third-order valence-corrected chi connectivity index (χ3v) is 5.99. The first-order valence-electron chi connectivity index (χ1n) is 10.5. The van der Waals surface area contributed by atoms with E-state index >= 15 is 0 Å². The number of benzene rings is 2. The second kappa shape index (κ2) is 7.44. The van der Waals surface area contributed by atoms with Crippen molar-refractivity contribution in [3.05, 3.63) is 55.0 Å². The Hall–Kier alpha value is -3.41. The smallest absolute Gasteiger partial charge is 0.222 e. The standard InChI is InChI=1S/C24H25N5O/c1-3-23(30)29-11-7-18(15-29)27-19-13-20(24-21(14-19)25-8-9-26-24)17-5-4-16-6-10-28(2)22(16)12-17/h4-6,8-10,12-14,18,27H,3,7,11,15H2,1-2H3. The fraction of sp³-hybridized carbons (Fsp3) is 0.292. The lowest BCUT2D eigenvalue weighted by Crippen LogP contribution is -2.30. The Morgan fingerprint density at radius 1 is 1.17 bits per heavy atom. The first-order chi connectivity index (χ1) is 14.6. The van der Waals surface area contributed by atoms with Gasteiger partial charge in [0.25, 0.3) is 0 Å². The van der Waals surface area contributed by atoms with Gasteiger partial charge in [-0.25, -0.2) is 0 Å². The lowest BCUT2D eigenvalue weighted by atomic mass is 10.0. The molecule has 0 aliphatic carbocycles. The summed E-state index contributed by atoms with van der Waals surface area (Å²) >= 11 is 0. The highest BCUT2D eigenvalue weighted by molar-refractivity contribution is 5.97. The van der Waals surface area contributed by atoms with E-state index in [0.717, 1.165) is 47.4 Å². The van der Waals surface area contributed by atoms with E-state index < -0.39 is 0 Å². The van der Waals surface area contributed by atoms with Crippen LogP contribution in [0.2, 0.25) is 0 Å². The van der Waals surface area contributed by atoms with Crippen molar-refractivity contribution in [1.29, 1.82) is 0 Å². The van der Waals surface area contributed by atoms with Crippen molar-refractivity contribution < 1.29 is 4.79 Å². The molecule has 0 radical (unpaired) electrons. The van der Waals surface area contributed by atoms with Crippen molar-refractivity contribution in [3.63, 3.8) is 0 Å². The van der Waals surface area contributed by atoms with Crippen LogP contribution in [-0.4, -0.2) is 44.5 Å². The van der Waals surface area contributed by atoms with Crippen molar-refractivity contribution in [2.24, 2.45) is 7.05 Å². The van der Waals surface area contributed by atoms with E-state index in [0.29, 0.717) is 6.42 Å². The number of likely N-dealkylation sites (tertiary alicyclic amines) is 1. The largest absolute Gasteiger partial charge is 0.380 e. The molecule has 152 valence electrons. The minimum absolute atomic E-state index is 0.222. The zero-order chi connectivity index (χ0) is 20.7.